The zero-order valence-electron chi connectivity index (χ0n) is 14.3. The van der Waals surface area contributed by atoms with Crippen LogP contribution in [0.1, 0.15) is 43.9 Å². The molecule has 25 heavy (non-hydrogen) atoms. The topological polar surface area (TPSA) is 44.6 Å². The number of nitrogens with one attached hydrogen (secondary N) is 1. The monoisotopic (exact) mass is 420 g/mol. The van der Waals surface area contributed by atoms with Crippen molar-refractivity contribution < 1.29 is 5.11 Å². The molecule has 0 amide bonds. The summed E-state index contributed by atoms with van der Waals surface area (Å²) in [4.78, 5) is 4.92. The number of phenols is 1. The summed E-state index contributed by atoms with van der Waals surface area (Å²) in [5.74, 6) is 0.837. The minimum atomic E-state index is 0.0180. The molecule has 0 saturated heterocycles. The minimum absolute atomic E-state index is 0.0180. The summed E-state index contributed by atoms with van der Waals surface area (Å²) in [6, 6.07) is 13.4. The van der Waals surface area contributed by atoms with Gasteiger partial charge in [-0.05, 0) is 48.2 Å². The standard InChI is InChI=1S/C20H22BrClN2O/c1-12(2)9-20-23-17(13-3-6-15(22)7-4-13)11-18(24-20)16-10-14(21)5-8-19(16)25/h3-8,10,12,18,20,24-25H,9,11H2,1-2H3/t18-,20+/m0/s1. The van der Waals surface area contributed by atoms with E-state index >= 15 is 0 Å². The number of benzene rings is 2. The van der Waals surface area contributed by atoms with Crippen LogP contribution in [0.15, 0.2) is 51.9 Å². The highest BCUT2D eigenvalue weighted by molar-refractivity contribution is 9.10. The zero-order chi connectivity index (χ0) is 18.0. The summed E-state index contributed by atoms with van der Waals surface area (Å²) in [6.45, 7) is 4.39. The fourth-order valence-corrected chi connectivity index (χ4v) is 3.67. The first kappa shape index (κ1) is 18.4. The molecule has 2 aromatic rings. The molecule has 0 unspecified atom stereocenters. The number of phenolic OH excluding ortho intramolecular Hbond substituents is 1. The molecular weight excluding hydrogens is 400 g/mol. The van der Waals surface area contributed by atoms with E-state index in [2.05, 4.69) is 35.1 Å². The molecule has 3 rings (SSSR count). The number of hydrogen-bond acceptors (Lipinski definition) is 3. The molecule has 5 heteroatoms. The molecule has 1 aliphatic heterocycles. The zero-order valence-corrected chi connectivity index (χ0v) is 16.7. The number of nitrogens with zero attached hydrogens (tertiary/aromatic N) is 1. The Morgan fingerprint density at radius 2 is 1.96 bits per heavy atom. The molecule has 2 aromatic carbocycles. The number of aliphatic imine (C=N–C) groups is 1. The second-order valence-electron chi connectivity index (χ2n) is 6.85. The fourth-order valence-electron chi connectivity index (χ4n) is 3.17. The van der Waals surface area contributed by atoms with Gasteiger partial charge in [0, 0.05) is 33.2 Å². The van der Waals surface area contributed by atoms with E-state index in [0.717, 1.165) is 39.2 Å². The van der Waals surface area contributed by atoms with Gasteiger partial charge in [-0.1, -0.05) is 53.5 Å². The van der Waals surface area contributed by atoms with Crippen LogP contribution in [0.3, 0.4) is 0 Å². The first-order chi connectivity index (χ1) is 11.9. The van der Waals surface area contributed by atoms with Crippen molar-refractivity contribution in [2.24, 2.45) is 10.9 Å². The quantitative estimate of drug-likeness (QED) is 0.664. The molecule has 1 heterocycles. The predicted molar refractivity (Wildman–Crippen MR) is 108 cm³/mol. The van der Waals surface area contributed by atoms with E-state index in [1.165, 1.54) is 0 Å². The maximum Gasteiger partial charge on any atom is 0.120 e. The minimum Gasteiger partial charge on any atom is -0.508 e. The highest BCUT2D eigenvalue weighted by Crippen LogP contribution is 2.33. The van der Waals surface area contributed by atoms with E-state index in [4.69, 9.17) is 16.6 Å². The Balaban J connectivity index is 1.95. The maximum absolute atomic E-state index is 10.3. The fraction of sp³-hybridized carbons (Fsp3) is 0.350. The van der Waals surface area contributed by atoms with E-state index in [-0.39, 0.29) is 12.2 Å². The molecule has 1 aliphatic rings. The summed E-state index contributed by atoms with van der Waals surface area (Å²) in [7, 11) is 0. The molecule has 3 nitrogen and oxygen atoms in total. The van der Waals surface area contributed by atoms with Gasteiger partial charge in [-0.2, -0.15) is 0 Å². The van der Waals surface area contributed by atoms with Crippen LogP contribution in [-0.4, -0.2) is 17.0 Å². The Labute approximate surface area is 162 Å². The second kappa shape index (κ2) is 7.90. The van der Waals surface area contributed by atoms with Crippen molar-refractivity contribution in [1.29, 1.82) is 0 Å². The van der Waals surface area contributed by atoms with Gasteiger partial charge in [0.05, 0.1) is 0 Å². The number of hydrogen-bond donors (Lipinski definition) is 2. The third kappa shape index (κ3) is 4.63. The van der Waals surface area contributed by atoms with E-state index in [0.29, 0.717) is 11.7 Å². The lowest BCUT2D eigenvalue weighted by Gasteiger charge is -2.31. The van der Waals surface area contributed by atoms with Gasteiger partial charge in [0.25, 0.3) is 0 Å². The summed E-state index contributed by atoms with van der Waals surface area (Å²) in [6.07, 6.45) is 1.70. The van der Waals surface area contributed by atoms with Crippen LogP contribution in [0.25, 0.3) is 0 Å². The molecule has 0 aliphatic carbocycles. The van der Waals surface area contributed by atoms with Gasteiger partial charge in [0.1, 0.15) is 11.9 Å². The van der Waals surface area contributed by atoms with Crippen molar-refractivity contribution in [2.45, 2.75) is 38.9 Å². The molecule has 0 spiro atoms. The average Bonchev–Trinajstić information content (AvgIpc) is 2.57. The van der Waals surface area contributed by atoms with Gasteiger partial charge in [-0.15, -0.1) is 0 Å². The Hall–Kier alpha value is -1.36. The van der Waals surface area contributed by atoms with Crippen molar-refractivity contribution in [3.8, 4) is 5.75 Å². The van der Waals surface area contributed by atoms with Crippen molar-refractivity contribution in [1.82, 2.24) is 5.32 Å². The number of aromatic hydroxyl groups is 1. The first-order valence-electron chi connectivity index (χ1n) is 8.49. The molecule has 0 aromatic heterocycles. The molecule has 0 fully saturated rings. The van der Waals surface area contributed by atoms with Crippen LogP contribution in [0, 0.1) is 5.92 Å². The van der Waals surface area contributed by atoms with Crippen LogP contribution in [-0.2, 0) is 0 Å². The molecule has 0 radical (unpaired) electrons. The normalized spacial score (nSPS) is 20.6. The molecule has 2 N–H and O–H groups in total. The van der Waals surface area contributed by atoms with Gasteiger partial charge in [0.2, 0.25) is 0 Å². The maximum atomic E-state index is 10.3. The van der Waals surface area contributed by atoms with Gasteiger partial charge in [-0.3, -0.25) is 10.3 Å². The van der Waals surface area contributed by atoms with E-state index in [1.54, 1.807) is 6.07 Å². The van der Waals surface area contributed by atoms with E-state index < -0.39 is 0 Å². The van der Waals surface area contributed by atoms with Crippen LogP contribution in [0.5, 0.6) is 5.75 Å². The lowest BCUT2D eigenvalue weighted by Crippen LogP contribution is -2.39. The van der Waals surface area contributed by atoms with Gasteiger partial charge < -0.3 is 5.11 Å². The summed E-state index contributed by atoms with van der Waals surface area (Å²) >= 11 is 9.52. The highest BCUT2D eigenvalue weighted by atomic mass is 79.9. The molecular formula is C20H22BrClN2O. The highest BCUT2D eigenvalue weighted by Gasteiger charge is 2.27. The van der Waals surface area contributed by atoms with Crippen molar-refractivity contribution in [3.05, 3.63) is 63.1 Å². The number of halogens is 2. The second-order valence-corrected chi connectivity index (χ2v) is 8.21. The van der Waals surface area contributed by atoms with Crippen LogP contribution < -0.4 is 5.32 Å². The van der Waals surface area contributed by atoms with E-state index in [1.807, 2.05) is 36.4 Å². The number of rotatable bonds is 4. The van der Waals surface area contributed by atoms with Crippen LogP contribution in [0.2, 0.25) is 5.02 Å². The largest absolute Gasteiger partial charge is 0.508 e. The van der Waals surface area contributed by atoms with Gasteiger partial charge in [-0.25, -0.2) is 0 Å². The van der Waals surface area contributed by atoms with Gasteiger partial charge >= 0.3 is 0 Å². The third-order valence-electron chi connectivity index (χ3n) is 4.34. The third-order valence-corrected chi connectivity index (χ3v) is 5.09. The Bertz CT molecular complexity index is 774. The van der Waals surface area contributed by atoms with Crippen molar-refractivity contribution >= 4 is 33.2 Å². The predicted octanol–water partition coefficient (Wildman–Crippen LogP) is 5.70. The summed E-state index contributed by atoms with van der Waals surface area (Å²) < 4.78 is 0.957. The summed E-state index contributed by atoms with van der Waals surface area (Å²) in [5, 5.41) is 14.6. The Morgan fingerprint density at radius 1 is 1.24 bits per heavy atom. The molecule has 0 bridgehead atoms. The van der Waals surface area contributed by atoms with Crippen LogP contribution in [0.4, 0.5) is 0 Å². The molecule has 132 valence electrons. The first-order valence-corrected chi connectivity index (χ1v) is 9.66. The Kier molecular flexibility index (Phi) is 5.82. The molecule has 0 saturated carbocycles. The average molecular weight is 422 g/mol. The lowest BCUT2D eigenvalue weighted by molar-refractivity contribution is 0.363. The Morgan fingerprint density at radius 3 is 2.64 bits per heavy atom. The van der Waals surface area contributed by atoms with Crippen molar-refractivity contribution in [3.63, 3.8) is 0 Å². The van der Waals surface area contributed by atoms with E-state index in [9.17, 15) is 5.11 Å². The SMILES string of the molecule is CC(C)C[C@@H]1N=C(c2ccc(Cl)cc2)C[C@@H](c2cc(Br)ccc2O)N1. The van der Waals surface area contributed by atoms with Crippen molar-refractivity contribution in [2.75, 3.05) is 0 Å². The van der Waals surface area contributed by atoms with Crippen LogP contribution >= 0.6 is 27.5 Å². The molecule has 2 atom stereocenters. The lowest BCUT2D eigenvalue weighted by atomic mass is 9.93. The van der Waals surface area contributed by atoms with Gasteiger partial charge in [0.15, 0.2) is 0 Å². The smallest absolute Gasteiger partial charge is 0.120 e. The summed E-state index contributed by atoms with van der Waals surface area (Å²) in [5.41, 5.74) is 3.02.